The van der Waals surface area contributed by atoms with E-state index in [0.717, 1.165) is 5.56 Å². The molecule has 0 radical (unpaired) electrons. The highest BCUT2D eigenvalue weighted by molar-refractivity contribution is 6.32. The third-order valence-corrected chi connectivity index (χ3v) is 3.56. The van der Waals surface area contributed by atoms with Gasteiger partial charge in [0.2, 0.25) is 0 Å². The molecule has 0 fully saturated rings. The van der Waals surface area contributed by atoms with Crippen LogP contribution in [-0.2, 0) is 6.61 Å². The van der Waals surface area contributed by atoms with Gasteiger partial charge in [-0.1, -0.05) is 35.3 Å². The fraction of sp³-hybridized carbons (Fsp3) is 0.200. The molecule has 0 amide bonds. The third-order valence-electron chi connectivity index (χ3n) is 2.92. The fourth-order valence-corrected chi connectivity index (χ4v) is 2.20. The van der Waals surface area contributed by atoms with Gasteiger partial charge in [-0.25, -0.2) is 4.39 Å². The highest BCUT2D eigenvalue weighted by Gasteiger charge is 2.10. The number of rotatable bonds is 4. The molecule has 0 spiro atoms. The van der Waals surface area contributed by atoms with Crippen molar-refractivity contribution in [1.29, 1.82) is 0 Å². The van der Waals surface area contributed by atoms with Crippen molar-refractivity contribution in [3.05, 3.63) is 63.4 Å². The number of hydrogen-bond acceptors (Lipinski definition) is 2. The van der Waals surface area contributed by atoms with Gasteiger partial charge in [0.05, 0.1) is 10.0 Å². The summed E-state index contributed by atoms with van der Waals surface area (Å²) in [6.07, 6.45) is 0. The Kier molecular flexibility index (Phi) is 4.86. The summed E-state index contributed by atoms with van der Waals surface area (Å²) in [6, 6.07) is 9.68. The van der Waals surface area contributed by atoms with E-state index in [1.165, 1.54) is 6.07 Å². The molecule has 0 bridgehead atoms. The summed E-state index contributed by atoms with van der Waals surface area (Å²) in [6.45, 7) is 1.88. The van der Waals surface area contributed by atoms with Crippen molar-refractivity contribution in [1.82, 2.24) is 0 Å². The van der Waals surface area contributed by atoms with Gasteiger partial charge in [0.15, 0.2) is 0 Å². The van der Waals surface area contributed by atoms with Crippen LogP contribution in [0.25, 0.3) is 0 Å². The summed E-state index contributed by atoms with van der Waals surface area (Å²) in [4.78, 5) is 0. The maximum atomic E-state index is 13.6. The van der Waals surface area contributed by atoms with Crippen LogP contribution in [0, 0.1) is 5.82 Å². The highest BCUT2D eigenvalue weighted by atomic mass is 35.5. The molecule has 0 aliphatic carbocycles. The lowest BCUT2D eigenvalue weighted by Crippen LogP contribution is -2.05. The van der Waals surface area contributed by atoms with Gasteiger partial charge in [-0.2, -0.15) is 0 Å². The van der Waals surface area contributed by atoms with Crippen molar-refractivity contribution in [2.24, 2.45) is 5.73 Å². The molecule has 5 heteroatoms. The molecule has 0 aromatic heterocycles. The number of halogens is 3. The van der Waals surface area contributed by atoms with E-state index < -0.39 is 5.82 Å². The molecule has 0 saturated heterocycles. The average molecular weight is 314 g/mol. The van der Waals surface area contributed by atoms with Crippen LogP contribution in [-0.4, -0.2) is 0 Å². The molecule has 106 valence electrons. The molecule has 2 aromatic carbocycles. The Morgan fingerprint density at radius 2 is 1.95 bits per heavy atom. The van der Waals surface area contributed by atoms with E-state index >= 15 is 0 Å². The first-order chi connectivity index (χ1) is 9.49. The summed E-state index contributed by atoms with van der Waals surface area (Å²) >= 11 is 12.0. The zero-order valence-electron chi connectivity index (χ0n) is 10.9. The maximum Gasteiger partial charge on any atom is 0.138 e. The average Bonchev–Trinajstić information content (AvgIpc) is 2.39. The minimum Gasteiger partial charge on any atom is -0.487 e. The molecule has 0 aliphatic rings. The fourth-order valence-electron chi connectivity index (χ4n) is 1.74. The first-order valence-electron chi connectivity index (χ1n) is 6.09. The minimum absolute atomic E-state index is 0.0166. The smallest absolute Gasteiger partial charge is 0.138 e. The SMILES string of the molecule is C[C@H](N)c1ccc(OCc2c(F)cccc2Cl)c(Cl)c1. The summed E-state index contributed by atoms with van der Waals surface area (Å²) in [5.41, 5.74) is 6.99. The lowest BCUT2D eigenvalue weighted by atomic mass is 10.1. The van der Waals surface area contributed by atoms with Crippen molar-refractivity contribution in [2.75, 3.05) is 0 Å². The summed E-state index contributed by atoms with van der Waals surface area (Å²) in [7, 11) is 0. The standard InChI is InChI=1S/C15H14Cl2FNO/c1-9(19)10-5-6-15(13(17)7-10)20-8-11-12(16)3-2-4-14(11)18/h2-7,9H,8,19H2,1H3/t9-/m0/s1. The van der Waals surface area contributed by atoms with Crippen molar-refractivity contribution in [3.8, 4) is 5.75 Å². The van der Waals surface area contributed by atoms with Crippen LogP contribution in [0.3, 0.4) is 0 Å². The maximum absolute atomic E-state index is 13.6. The third kappa shape index (κ3) is 3.42. The Balaban J connectivity index is 2.15. The lowest BCUT2D eigenvalue weighted by Gasteiger charge is -2.12. The predicted octanol–water partition coefficient (Wildman–Crippen LogP) is 4.73. The normalized spacial score (nSPS) is 12.2. The molecular weight excluding hydrogens is 300 g/mol. The van der Waals surface area contributed by atoms with E-state index in [-0.39, 0.29) is 12.6 Å². The van der Waals surface area contributed by atoms with Crippen LogP contribution < -0.4 is 10.5 Å². The number of ether oxygens (including phenoxy) is 1. The van der Waals surface area contributed by atoms with Crippen LogP contribution >= 0.6 is 23.2 Å². The molecule has 2 N–H and O–H groups in total. The molecule has 20 heavy (non-hydrogen) atoms. The van der Waals surface area contributed by atoms with Crippen molar-refractivity contribution < 1.29 is 9.13 Å². The van der Waals surface area contributed by atoms with Crippen molar-refractivity contribution >= 4 is 23.2 Å². The molecule has 2 aromatic rings. The van der Waals surface area contributed by atoms with Gasteiger partial charge in [0.25, 0.3) is 0 Å². The Labute approximate surface area is 127 Å². The second-order valence-electron chi connectivity index (χ2n) is 4.47. The van der Waals surface area contributed by atoms with Gasteiger partial charge in [0, 0.05) is 11.6 Å². The molecule has 0 unspecified atom stereocenters. The van der Waals surface area contributed by atoms with Gasteiger partial charge < -0.3 is 10.5 Å². The predicted molar refractivity (Wildman–Crippen MR) is 79.8 cm³/mol. The molecule has 0 aliphatic heterocycles. The molecule has 1 atom stereocenters. The summed E-state index contributed by atoms with van der Waals surface area (Å²) in [5.74, 6) is 0.0659. The van der Waals surface area contributed by atoms with Gasteiger partial charge in [0.1, 0.15) is 18.2 Å². The molecular formula is C15H14Cl2FNO. The van der Waals surface area contributed by atoms with Gasteiger partial charge in [-0.05, 0) is 36.8 Å². The van der Waals surface area contributed by atoms with E-state index in [0.29, 0.717) is 21.4 Å². The molecule has 2 rings (SSSR count). The highest BCUT2D eigenvalue weighted by Crippen LogP contribution is 2.29. The van der Waals surface area contributed by atoms with Crippen molar-refractivity contribution in [3.63, 3.8) is 0 Å². The lowest BCUT2D eigenvalue weighted by molar-refractivity contribution is 0.300. The van der Waals surface area contributed by atoms with E-state index in [1.54, 1.807) is 24.3 Å². The Bertz CT molecular complexity index is 597. The minimum atomic E-state index is -0.402. The summed E-state index contributed by atoms with van der Waals surface area (Å²) in [5, 5.41) is 0.764. The van der Waals surface area contributed by atoms with Crippen LogP contribution in [0.15, 0.2) is 36.4 Å². The van der Waals surface area contributed by atoms with Crippen molar-refractivity contribution in [2.45, 2.75) is 19.6 Å². The number of benzene rings is 2. The molecule has 2 nitrogen and oxygen atoms in total. The number of hydrogen-bond donors (Lipinski definition) is 1. The zero-order valence-corrected chi connectivity index (χ0v) is 12.4. The largest absolute Gasteiger partial charge is 0.487 e. The molecule has 0 heterocycles. The number of nitrogens with two attached hydrogens (primary N) is 1. The van der Waals surface area contributed by atoms with E-state index in [1.807, 2.05) is 13.0 Å². The molecule has 0 saturated carbocycles. The summed E-state index contributed by atoms with van der Waals surface area (Å²) < 4.78 is 19.1. The first-order valence-corrected chi connectivity index (χ1v) is 6.85. The van der Waals surface area contributed by atoms with E-state index in [4.69, 9.17) is 33.7 Å². The Morgan fingerprint density at radius 1 is 1.20 bits per heavy atom. The van der Waals surface area contributed by atoms with Crippen LogP contribution in [0.2, 0.25) is 10.0 Å². The van der Waals surface area contributed by atoms with Crippen LogP contribution in [0.1, 0.15) is 24.1 Å². The Hall–Kier alpha value is -1.29. The first kappa shape index (κ1) is 15.1. The Morgan fingerprint density at radius 3 is 2.55 bits per heavy atom. The second-order valence-corrected chi connectivity index (χ2v) is 5.28. The zero-order chi connectivity index (χ0) is 14.7. The monoisotopic (exact) mass is 313 g/mol. The quantitative estimate of drug-likeness (QED) is 0.885. The van der Waals surface area contributed by atoms with Gasteiger partial charge in [-0.15, -0.1) is 0 Å². The second kappa shape index (κ2) is 6.44. The van der Waals surface area contributed by atoms with Gasteiger partial charge >= 0.3 is 0 Å². The van der Waals surface area contributed by atoms with Gasteiger partial charge in [-0.3, -0.25) is 0 Å². The van der Waals surface area contributed by atoms with E-state index in [2.05, 4.69) is 0 Å². The van der Waals surface area contributed by atoms with Crippen LogP contribution in [0.5, 0.6) is 5.75 Å². The van der Waals surface area contributed by atoms with E-state index in [9.17, 15) is 4.39 Å². The topological polar surface area (TPSA) is 35.2 Å². The van der Waals surface area contributed by atoms with Crippen LogP contribution in [0.4, 0.5) is 4.39 Å².